The molecule has 0 fully saturated rings. The van der Waals surface area contributed by atoms with Crippen LogP contribution in [0.5, 0.6) is 0 Å². The van der Waals surface area contributed by atoms with Crippen LogP contribution in [-0.2, 0) is 6.54 Å². The van der Waals surface area contributed by atoms with Crippen LogP contribution in [0, 0.1) is 0 Å². The average molecular weight is 302 g/mol. The predicted molar refractivity (Wildman–Crippen MR) is 79.1 cm³/mol. The van der Waals surface area contributed by atoms with Gasteiger partial charge in [0, 0.05) is 18.1 Å². The minimum Gasteiger partial charge on any atom is -0.349 e. The van der Waals surface area contributed by atoms with Crippen molar-refractivity contribution in [2.45, 2.75) is 6.54 Å². The Bertz CT molecular complexity index is 772. The highest BCUT2D eigenvalue weighted by molar-refractivity contribution is 6.34. The van der Waals surface area contributed by atoms with E-state index in [1.165, 1.54) is 0 Å². The van der Waals surface area contributed by atoms with Gasteiger partial charge in [-0.2, -0.15) is 0 Å². The molecule has 0 spiro atoms. The molecule has 106 valence electrons. The molecule has 7 heteroatoms. The number of carbonyl (C=O) groups excluding carboxylic acids is 1. The summed E-state index contributed by atoms with van der Waals surface area (Å²) in [4.78, 5) is 16.2. The monoisotopic (exact) mass is 301 g/mol. The number of aromatic nitrogens is 4. The van der Waals surface area contributed by atoms with Gasteiger partial charge in [0.2, 0.25) is 0 Å². The number of fused-ring (bicyclic) bond motifs is 1. The summed E-state index contributed by atoms with van der Waals surface area (Å²) in [6.45, 7) is 0.987. The quantitative estimate of drug-likeness (QED) is 0.747. The lowest BCUT2D eigenvalue weighted by Gasteiger charge is -2.06. The van der Waals surface area contributed by atoms with E-state index in [9.17, 15) is 4.79 Å². The first-order valence-electron chi connectivity index (χ1n) is 6.41. The summed E-state index contributed by atoms with van der Waals surface area (Å²) in [7, 11) is 0. The number of halogens is 1. The molecule has 3 rings (SSSR count). The fourth-order valence-corrected chi connectivity index (χ4v) is 2.26. The van der Waals surface area contributed by atoms with E-state index in [1.54, 1.807) is 23.1 Å². The van der Waals surface area contributed by atoms with Gasteiger partial charge in [-0.3, -0.25) is 9.48 Å². The van der Waals surface area contributed by atoms with Crippen LogP contribution in [0.15, 0.2) is 42.7 Å². The van der Waals surface area contributed by atoms with E-state index in [-0.39, 0.29) is 5.91 Å². The molecule has 0 bridgehead atoms. The standard InChI is InChI=1S/C14H12ClN5O/c15-13-11-4-2-1-3-10(11)9-12(18-13)14(21)16-5-7-20-8-6-17-19-20/h1-4,6,8-9H,5,7H2,(H,16,21). The Balaban J connectivity index is 1.72. The average Bonchev–Trinajstić information content (AvgIpc) is 3.00. The normalized spacial score (nSPS) is 10.7. The maximum Gasteiger partial charge on any atom is 0.270 e. The number of nitrogens with zero attached hydrogens (tertiary/aromatic N) is 4. The van der Waals surface area contributed by atoms with Crippen molar-refractivity contribution >= 4 is 28.3 Å². The van der Waals surface area contributed by atoms with Crippen molar-refractivity contribution in [2.75, 3.05) is 6.54 Å². The molecule has 0 saturated heterocycles. The molecule has 1 amide bonds. The first kappa shape index (κ1) is 13.5. The predicted octanol–water partition coefficient (Wildman–Crippen LogP) is 1.91. The van der Waals surface area contributed by atoms with Gasteiger partial charge in [-0.1, -0.05) is 41.1 Å². The lowest BCUT2D eigenvalue weighted by atomic mass is 10.1. The van der Waals surface area contributed by atoms with Gasteiger partial charge in [-0.15, -0.1) is 5.10 Å². The molecule has 0 aliphatic carbocycles. The fourth-order valence-electron chi connectivity index (χ4n) is 2.00. The Kier molecular flexibility index (Phi) is 3.79. The zero-order chi connectivity index (χ0) is 14.7. The molecule has 0 unspecified atom stereocenters. The molecule has 6 nitrogen and oxygen atoms in total. The number of rotatable bonds is 4. The van der Waals surface area contributed by atoms with Gasteiger partial charge in [0.25, 0.3) is 5.91 Å². The third-order valence-corrected chi connectivity index (χ3v) is 3.31. The van der Waals surface area contributed by atoms with Crippen molar-refractivity contribution in [3.63, 3.8) is 0 Å². The number of hydrogen-bond acceptors (Lipinski definition) is 4. The molecule has 2 aromatic heterocycles. The molecule has 2 heterocycles. The van der Waals surface area contributed by atoms with Crippen LogP contribution >= 0.6 is 11.6 Å². The van der Waals surface area contributed by atoms with E-state index in [0.717, 1.165) is 10.8 Å². The van der Waals surface area contributed by atoms with Crippen LogP contribution in [0.4, 0.5) is 0 Å². The molecule has 0 atom stereocenters. The highest BCUT2D eigenvalue weighted by Gasteiger charge is 2.10. The van der Waals surface area contributed by atoms with Crippen molar-refractivity contribution in [1.29, 1.82) is 0 Å². The summed E-state index contributed by atoms with van der Waals surface area (Å²) in [6, 6.07) is 9.27. The third kappa shape index (κ3) is 3.00. The van der Waals surface area contributed by atoms with Crippen LogP contribution in [0.25, 0.3) is 10.8 Å². The van der Waals surface area contributed by atoms with Crippen molar-refractivity contribution < 1.29 is 4.79 Å². The molecule has 0 aliphatic rings. The van der Waals surface area contributed by atoms with E-state index < -0.39 is 0 Å². The van der Waals surface area contributed by atoms with Crippen molar-refractivity contribution in [1.82, 2.24) is 25.3 Å². The van der Waals surface area contributed by atoms with E-state index >= 15 is 0 Å². The number of carbonyl (C=O) groups is 1. The van der Waals surface area contributed by atoms with Gasteiger partial charge in [0.15, 0.2) is 0 Å². The van der Waals surface area contributed by atoms with Gasteiger partial charge in [0.1, 0.15) is 10.8 Å². The lowest BCUT2D eigenvalue weighted by molar-refractivity contribution is 0.0947. The van der Waals surface area contributed by atoms with E-state index in [1.807, 2.05) is 24.3 Å². The topological polar surface area (TPSA) is 72.7 Å². The summed E-state index contributed by atoms with van der Waals surface area (Å²) < 4.78 is 1.64. The Morgan fingerprint density at radius 3 is 3.00 bits per heavy atom. The molecule has 21 heavy (non-hydrogen) atoms. The minimum absolute atomic E-state index is 0.261. The summed E-state index contributed by atoms with van der Waals surface area (Å²) in [6.07, 6.45) is 3.32. The van der Waals surface area contributed by atoms with E-state index in [2.05, 4.69) is 20.6 Å². The summed E-state index contributed by atoms with van der Waals surface area (Å²) in [5, 5.41) is 12.3. The molecule has 3 aromatic rings. The van der Waals surface area contributed by atoms with Crippen molar-refractivity contribution in [3.05, 3.63) is 53.6 Å². The van der Waals surface area contributed by atoms with Crippen LogP contribution in [0.3, 0.4) is 0 Å². The number of benzene rings is 1. The van der Waals surface area contributed by atoms with Crippen LogP contribution in [0.1, 0.15) is 10.5 Å². The number of nitrogens with one attached hydrogen (secondary N) is 1. The Morgan fingerprint density at radius 2 is 2.19 bits per heavy atom. The van der Waals surface area contributed by atoms with Gasteiger partial charge in [0.05, 0.1) is 12.7 Å². The minimum atomic E-state index is -0.261. The number of hydrogen-bond donors (Lipinski definition) is 1. The Morgan fingerprint density at radius 1 is 1.33 bits per heavy atom. The van der Waals surface area contributed by atoms with E-state index in [4.69, 9.17) is 11.6 Å². The highest BCUT2D eigenvalue weighted by Crippen LogP contribution is 2.22. The summed E-state index contributed by atoms with van der Waals surface area (Å²) in [5.41, 5.74) is 0.303. The molecule has 0 radical (unpaired) electrons. The first-order chi connectivity index (χ1) is 10.2. The summed E-state index contributed by atoms with van der Waals surface area (Å²) >= 11 is 6.11. The molecule has 0 saturated carbocycles. The number of amides is 1. The highest BCUT2D eigenvalue weighted by atomic mass is 35.5. The zero-order valence-corrected chi connectivity index (χ0v) is 11.8. The molecule has 1 aromatic carbocycles. The second-order valence-electron chi connectivity index (χ2n) is 4.44. The lowest BCUT2D eigenvalue weighted by Crippen LogP contribution is -2.28. The first-order valence-corrected chi connectivity index (χ1v) is 6.79. The maximum absolute atomic E-state index is 12.1. The largest absolute Gasteiger partial charge is 0.349 e. The van der Waals surface area contributed by atoms with Crippen LogP contribution < -0.4 is 5.32 Å². The number of pyridine rings is 1. The fraction of sp³-hybridized carbons (Fsp3) is 0.143. The van der Waals surface area contributed by atoms with Gasteiger partial charge in [-0.25, -0.2) is 4.98 Å². The molecular formula is C14H12ClN5O. The van der Waals surface area contributed by atoms with Gasteiger partial charge < -0.3 is 5.32 Å². The summed E-state index contributed by atoms with van der Waals surface area (Å²) in [5.74, 6) is -0.261. The zero-order valence-electron chi connectivity index (χ0n) is 11.0. The van der Waals surface area contributed by atoms with Gasteiger partial charge in [-0.05, 0) is 11.5 Å². The second-order valence-corrected chi connectivity index (χ2v) is 4.80. The van der Waals surface area contributed by atoms with Crippen LogP contribution in [0.2, 0.25) is 5.15 Å². The smallest absolute Gasteiger partial charge is 0.270 e. The van der Waals surface area contributed by atoms with Crippen molar-refractivity contribution in [3.8, 4) is 0 Å². The van der Waals surface area contributed by atoms with Crippen LogP contribution in [-0.4, -0.2) is 32.4 Å². The molecule has 1 N–H and O–H groups in total. The van der Waals surface area contributed by atoms with Crippen molar-refractivity contribution in [2.24, 2.45) is 0 Å². The Labute approximate surface area is 125 Å². The SMILES string of the molecule is O=C(NCCn1ccnn1)c1cc2ccccc2c(Cl)n1. The third-order valence-electron chi connectivity index (χ3n) is 3.02. The van der Waals surface area contributed by atoms with Gasteiger partial charge >= 0.3 is 0 Å². The van der Waals surface area contributed by atoms with E-state index in [0.29, 0.717) is 23.9 Å². The molecular weight excluding hydrogens is 290 g/mol. The molecule has 0 aliphatic heterocycles. The second kappa shape index (κ2) is 5.88. The maximum atomic E-state index is 12.1. The Hall–Kier alpha value is -2.47.